The minimum Gasteiger partial charge on any atom is -0.337 e. The second kappa shape index (κ2) is 10.2. The zero-order chi connectivity index (χ0) is 25.9. The van der Waals surface area contributed by atoms with Crippen molar-refractivity contribution in [2.45, 2.75) is 26.8 Å². The van der Waals surface area contributed by atoms with Gasteiger partial charge in [-0.2, -0.15) is 15.2 Å². The third kappa shape index (κ3) is 5.50. The number of nitrogens with one attached hydrogen (secondary N) is 3. The Morgan fingerprint density at radius 2 is 1.92 bits per heavy atom. The molecule has 0 aliphatic carbocycles. The number of anilines is 3. The molecular formula is C24H28FN11O. The largest absolute Gasteiger partial charge is 0.337 e. The molecule has 37 heavy (non-hydrogen) atoms. The Morgan fingerprint density at radius 1 is 1.11 bits per heavy atom. The van der Waals surface area contributed by atoms with Crippen molar-refractivity contribution >= 4 is 23.6 Å². The zero-order valence-corrected chi connectivity index (χ0v) is 20.8. The van der Waals surface area contributed by atoms with Gasteiger partial charge in [-0.05, 0) is 38.5 Å². The Balaban J connectivity index is 1.18. The predicted molar refractivity (Wildman–Crippen MR) is 135 cm³/mol. The first-order chi connectivity index (χ1) is 17.9. The predicted octanol–water partition coefficient (Wildman–Crippen LogP) is 2.87. The van der Waals surface area contributed by atoms with Crippen LogP contribution in [0.3, 0.4) is 0 Å². The molecule has 13 heteroatoms. The summed E-state index contributed by atoms with van der Waals surface area (Å²) in [5.74, 6) is 1.54. The molecule has 5 heterocycles. The summed E-state index contributed by atoms with van der Waals surface area (Å²) < 4.78 is 15.9. The van der Waals surface area contributed by atoms with Gasteiger partial charge >= 0.3 is 6.03 Å². The Hall–Kier alpha value is -4.55. The average molecular weight is 506 g/mol. The van der Waals surface area contributed by atoms with Crippen LogP contribution in [0.5, 0.6) is 0 Å². The van der Waals surface area contributed by atoms with E-state index in [0.717, 1.165) is 11.4 Å². The molecule has 1 atom stereocenters. The molecule has 3 N–H and O–H groups in total. The molecule has 4 aromatic heterocycles. The fraction of sp³-hybridized carbons (Fsp3) is 0.333. The molecule has 1 saturated heterocycles. The highest BCUT2D eigenvalue weighted by Crippen LogP contribution is 2.20. The van der Waals surface area contributed by atoms with Gasteiger partial charge < -0.3 is 20.4 Å². The number of aromatic amines is 1. The molecule has 0 aromatic carbocycles. The summed E-state index contributed by atoms with van der Waals surface area (Å²) in [5.41, 5.74) is 2.35. The third-order valence-corrected chi connectivity index (χ3v) is 6.06. The van der Waals surface area contributed by atoms with Crippen molar-refractivity contribution in [2.24, 2.45) is 0 Å². The number of pyridine rings is 1. The molecule has 1 aliphatic heterocycles. The molecule has 0 bridgehead atoms. The summed E-state index contributed by atoms with van der Waals surface area (Å²) in [4.78, 5) is 30.1. The Kier molecular flexibility index (Phi) is 6.66. The van der Waals surface area contributed by atoms with E-state index in [-0.39, 0.29) is 11.8 Å². The molecule has 5 rings (SSSR count). The number of halogens is 1. The highest BCUT2D eigenvalue weighted by molar-refractivity contribution is 5.75. The van der Waals surface area contributed by atoms with Gasteiger partial charge in [0.15, 0.2) is 17.5 Å². The van der Waals surface area contributed by atoms with Crippen LogP contribution in [0.1, 0.15) is 29.9 Å². The minimum absolute atomic E-state index is 0.111. The van der Waals surface area contributed by atoms with Crippen LogP contribution in [0.25, 0.3) is 5.82 Å². The van der Waals surface area contributed by atoms with Gasteiger partial charge in [0.25, 0.3) is 0 Å². The number of H-pyrrole nitrogens is 1. The summed E-state index contributed by atoms with van der Waals surface area (Å²) in [7, 11) is 0. The minimum atomic E-state index is -0.509. The van der Waals surface area contributed by atoms with Crippen LogP contribution in [0.2, 0.25) is 0 Å². The first-order valence-electron chi connectivity index (χ1n) is 12.0. The molecule has 0 radical (unpaired) electrons. The van der Waals surface area contributed by atoms with Gasteiger partial charge in [-0.1, -0.05) is 0 Å². The van der Waals surface area contributed by atoms with Crippen molar-refractivity contribution in [3.8, 4) is 5.82 Å². The molecule has 0 spiro atoms. The van der Waals surface area contributed by atoms with Crippen LogP contribution in [0.4, 0.5) is 26.8 Å². The number of nitrogens with zero attached hydrogens (tertiary/aromatic N) is 8. The number of rotatable bonds is 6. The lowest BCUT2D eigenvalue weighted by Gasteiger charge is -2.35. The van der Waals surface area contributed by atoms with Crippen molar-refractivity contribution in [1.29, 1.82) is 0 Å². The van der Waals surface area contributed by atoms with Crippen LogP contribution >= 0.6 is 0 Å². The van der Waals surface area contributed by atoms with Crippen molar-refractivity contribution in [3.05, 3.63) is 65.6 Å². The van der Waals surface area contributed by atoms with E-state index in [9.17, 15) is 9.18 Å². The number of hydrogen-bond donors (Lipinski definition) is 3. The van der Waals surface area contributed by atoms with Gasteiger partial charge in [-0.3, -0.25) is 5.10 Å². The fourth-order valence-corrected chi connectivity index (χ4v) is 4.09. The lowest BCUT2D eigenvalue weighted by Crippen LogP contribution is -2.52. The maximum absolute atomic E-state index is 14.6. The highest BCUT2D eigenvalue weighted by atomic mass is 19.1. The lowest BCUT2D eigenvalue weighted by atomic mass is 10.1. The van der Waals surface area contributed by atoms with Crippen LogP contribution in [0.15, 0.2) is 42.9 Å². The fourth-order valence-electron chi connectivity index (χ4n) is 4.09. The van der Waals surface area contributed by atoms with E-state index in [0.29, 0.717) is 49.3 Å². The number of hydrogen-bond acceptors (Lipinski definition) is 8. The molecule has 192 valence electrons. The van der Waals surface area contributed by atoms with Gasteiger partial charge in [0.1, 0.15) is 5.82 Å². The molecule has 2 amide bonds. The van der Waals surface area contributed by atoms with Crippen molar-refractivity contribution in [2.75, 3.05) is 36.4 Å². The number of urea groups is 1. The molecule has 4 aromatic rings. The number of amides is 2. The number of aryl methyl sites for hydroxylation is 2. The topological polar surface area (TPSA) is 133 Å². The first-order valence-corrected chi connectivity index (χ1v) is 12.0. The first kappa shape index (κ1) is 24.2. The van der Waals surface area contributed by atoms with Gasteiger partial charge in [0.05, 0.1) is 6.04 Å². The van der Waals surface area contributed by atoms with Crippen LogP contribution in [-0.2, 0) is 0 Å². The van der Waals surface area contributed by atoms with Gasteiger partial charge in [-0.15, -0.1) is 0 Å². The van der Waals surface area contributed by atoms with E-state index in [4.69, 9.17) is 0 Å². The summed E-state index contributed by atoms with van der Waals surface area (Å²) >= 11 is 0. The average Bonchev–Trinajstić information content (AvgIpc) is 3.55. The maximum Gasteiger partial charge on any atom is 0.317 e. The normalized spacial score (nSPS) is 14.5. The van der Waals surface area contributed by atoms with Crippen molar-refractivity contribution in [1.82, 2.24) is 45.1 Å². The number of aromatic nitrogens is 7. The van der Waals surface area contributed by atoms with E-state index < -0.39 is 11.9 Å². The van der Waals surface area contributed by atoms with E-state index in [2.05, 4.69) is 45.8 Å². The van der Waals surface area contributed by atoms with Crippen LogP contribution < -0.4 is 15.5 Å². The second-order valence-electron chi connectivity index (χ2n) is 8.93. The van der Waals surface area contributed by atoms with Gasteiger partial charge in [-0.25, -0.2) is 23.8 Å². The van der Waals surface area contributed by atoms with E-state index in [1.54, 1.807) is 36.5 Å². The number of carbonyl (C=O) groups excluding carboxylic acids is 1. The maximum atomic E-state index is 14.6. The molecule has 0 unspecified atom stereocenters. The standard InChI is InChI=1S/C24H28FN11O/c1-15-11-20(30-21-12-16(2)32-33-21)31-23(28-15)34-7-9-35(10-8-34)24(37)29-17(3)18-13-19(25)22(26-14-18)36-6-4-5-27-36/h4-6,11-14,17H,7-10H2,1-3H3,(H,29,37)(H2,28,30,31,32,33)/t17-/m0/s1. The van der Waals surface area contributed by atoms with Crippen LogP contribution in [0, 0.1) is 19.7 Å². The SMILES string of the molecule is Cc1cc(Nc2cc(C)[nH]n2)nc(N2CCN(C(=O)N[C@@H](C)c3cnc(-n4cccn4)c(F)c3)CC2)n1. The molecular weight excluding hydrogens is 477 g/mol. The molecule has 0 saturated carbocycles. The summed E-state index contributed by atoms with van der Waals surface area (Å²) in [6, 6.07) is 6.19. The van der Waals surface area contributed by atoms with Gasteiger partial charge in [0.2, 0.25) is 5.95 Å². The third-order valence-electron chi connectivity index (χ3n) is 6.06. The highest BCUT2D eigenvalue weighted by Gasteiger charge is 2.24. The molecule has 1 aliphatic rings. The Labute approximate surface area is 212 Å². The Bertz CT molecular complexity index is 1380. The lowest BCUT2D eigenvalue weighted by molar-refractivity contribution is 0.191. The monoisotopic (exact) mass is 505 g/mol. The summed E-state index contributed by atoms with van der Waals surface area (Å²) in [6.45, 7) is 7.82. The molecule has 12 nitrogen and oxygen atoms in total. The van der Waals surface area contributed by atoms with E-state index >= 15 is 0 Å². The van der Waals surface area contributed by atoms with E-state index in [1.807, 2.05) is 26.0 Å². The summed E-state index contributed by atoms with van der Waals surface area (Å²) in [5, 5.41) is 17.2. The number of carbonyl (C=O) groups is 1. The van der Waals surface area contributed by atoms with Crippen LogP contribution in [-0.4, -0.2) is 72.0 Å². The Morgan fingerprint density at radius 3 is 2.59 bits per heavy atom. The second-order valence-corrected chi connectivity index (χ2v) is 8.93. The number of piperazine rings is 1. The summed E-state index contributed by atoms with van der Waals surface area (Å²) in [6.07, 6.45) is 4.73. The zero-order valence-electron chi connectivity index (χ0n) is 20.8. The van der Waals surface area contributed by atoms with Gasteiger partial charge in [0, 0.05) is 68.3 Å². The smallest absolute Gasteiger partial charge is 0.317 e. The van der Waals surface area contributed by atoms with Crippen molar-refractivity contribution in [3.63, 3.8) is 0 Å². The quantitative estimate of drug-likeness (QED) is 0.364. The molecule has 1 fully saturated rings. The van der Waals surface area contributed by atoms with Crippen molar-refractivity contribution < 1.29 is 9.18 Å². The van der Waals surface area contributed by atoms with E-state index in [1.165, 1.54) is 10.7 Å².